The fraction of sp³-hybridized carbons (Fsp3) is 0.522. The molecule has 4 aliphatic rings. The third kappa shape index (κ3) is 8.10. The Hall–Kier alpha value is -5.38. The highest BCUT2D eigenvalue weighted by Crippen LogP contribution is 2.38. The topological polar surface area (TPSA) is 158 Å². The van der Waals surface area contributed by atoms with Crippen molar-refractivity contribution in [2.75, 3.05) is 63.3 Å². The van der Waals surface area contributed by atoms with Crippen LogP contribution in [0.15, 0.2) is 53.6 Å². The van der Waals surface area contributed by atoms with E-state index >= 15 is 0 Å². The zero-order chi connectivity index (χ0) is 42.4. The second-order valence-electron chi connectivity index (χ2n) is 17.7. The molecule has 2 atom stereocenters. The number of ether oxygens (including phenoxy) is 2. The zero-order valence-corrected chi connectivity index (χ0v) is 35.7. The second kappa shape index (κ2) is 16.8. The average Bonchev–Trinajstić information content (AvgIpc) is 3.95. The molecule has 0 aliphatic carbocycles. The Bertz CT molecular complexity index is 2540. The van der Waals surface area contributed by atoms with Gasteiger partial charge in [0.25, 0.3) is 0 Å². The van der Waals surface area contributed by atoms with Crippen LogP contribution in [0.4, 0.5) is 11.5 Å². The van der Waals surface area contributed by atoms with Crippen molar-refractivity contribution in [3.63, 3.8) is 0 Å². The van der Waals surface area contributed by atoms with Gasteiger partial charge in [0.05, 0.1) is 40.7 Å². The molecular formula is C46H57N9O6. The van der Waals surface area contributed by atoms with Crippen LogP contribution < -0.4 is 21.2 Å². The summed E-state index contributed by atoms with van der Waals surface area (Å²) in [7, 11) is 3.48. The number of methoxy groups -OCH3 is 1. The molecule has 0 bridgehead atoms. The lowest BCUT2D eigenvalue weighted by molar-refractivity contribution is -0.135. The minimum Gasteiger partial charge on any atom is -0.378 e. The number of carbonyl (C=O) groups excluding carboxylic acids is 3. The Labute approximate surface area is 355 Å². The van der Waals surface area contributed by atoms with Crippen molar-refractivity contribution in [1.82, 2.24) is 33.9 Å². The van der Waals surface area contributed by atoms with Crippen molar-refractivity contribution in [2.24, 2.45) is 18.9 Å². The fourth-order valence-corrected chi connectivity index (χ4v) is 10.2. The molecule has 4 aromatic heterocycles. The highest BCUT2D eigenvalue weighted by atomic mass is 16.5. The van der Waals surface area contributed by atoms with Gasteiger partial charge < -0.3 is 29.2 Å². The number of nitrogens with zero attached hydrogens (tertiary/aromatic N) is 7. The van der Waals surface area contributed by atoms with Crippen molar-refractivity contribution >= 4 is 51.2 Å². The number of hydrogen-bond donors (Lipinski definition) is 2. The van der Waals surface area contributed by atoms with Gasteiger partial charge in [0.2, 0.25) is 17.7 Å². The summed E-state index contributed by atoms with van der Waals surface area (Å²) in [6, 6.07) is 11.6. The summed E-state index contributed by atoms with van der Waals surface area (Å²) in [5.74, 6) is 0.936. The number of amides is 3. The van der Waals surface area contributed by atoms with Crippen molar-refractivity contribution in [3.8, 4) is 11.3 Å². The zero-order valence-electron chi connectivity index (χ0n) is 35.7. The van der Waals surface area contributed by atoms with E-state index in [-0.39, 0.29) is 23.9 Å². The quantitative estimate of drug-likeness (QED) is 0.168. The van der Waals surface area contributed by atoms with Crippen LogP contribution in [0, 0.1) is 18.8 Å². The van der Waals surface area contributed by atoms with Gasteiger partial charge in [-0.2, -0.15) is 0 Å². The van der Waals surface area contributed by atoms with Crippen LogP contribution in [0.3, 0.4) is 0 Å². The number of piperidine rings is 3. The van der Waals surface area contributed by atoms with E-state index < -0.39 is 17.6 Å². The molecule has 1 aromatic carbocycles. The molecule has 4 fully saturated rings. The molecule has 8 heterocycles. The van der Waals surface area contributed by atoms with E-state index in [1.165, 1.54) is 19.8 Å². The van der Waals surface area contributed by atoms with Crippen LogP contribution >= 0.6 is 0 Å². The lowest BCUT2D eigenvalue weighted by Crippen LogP contribution is -2.44. The van der Waals surface area contributed by atoms with Gasteiger partial charge in [0.15, 0.2) is 0 Å². The lowest BCUT2D eigenvalue weighted by atomic mass is 9.91. The molecule has 61 heavy (non-hydrogen) atoms. The lowest BCUT2D eigenvalue weighted by Gasteiger charge is -2.38. The first kappa shape index (κ1) is 41.0. The maximum atomic E-state index is 13.3. The van der Waals surface area contributed by atoms with E-state index in [1.54, 1.807) is 23.3 Å². The highest BCUT2D eigenvalue weighted by molar-refractivity contribution is 6.00. The van der Waals surface area contributed by atoms with E-state index in [1.807, 2.05) is 18.3 Å². The fourth-order valence-electron chi connectivity index (χ4n) is 10.2. The number of aromatic nitrogens is 5. The first-order valence-electron chi connectivity index (χ1n) is 21.9. The van der Waals surface area contributed by atoms with Gasteiger partial charge in [-0.15, -0.1) is 0 Å². The number of benzene rings is 1. The second-order valence-corrected chi connectivity index (χ2v) is 17.7. The van der Waals surface area contributed by atoms with E-state index in [4.69, 9.17) is 14.5 Å². The SMILES string of the molecule is CO[C@@]1(c2cc(C)cc(-c3cn(CCC4CCN(CC5CCN(c6ccc7c(c6)n(C)c(=O)n7C6CCC(=O)NC6=O)CC5)CC4)c4cnc(NC(C)=O)cc34)n2)CCOC1. The van der Waals surface area contributed by atoms with Crippen LogP contribution in [0.1, 0.15) is 75.6 Å². The molecule has 9 rings (SSSR count). The Balaban J connectivity index is 0.814. The summed E-state index contributed by atoms with van der Waals surface area (Å²) in [5, 5.41) is 6.26. The number of likely N-dealkylation sites (tertiary alicyclic amines) is 1. The smallest absolute Gasteiger partial charge is 0.329 e. The minimum absolute atomic E-state index is 0.158. The molecule has 322 valence electrons. The Morgan fingerprint density at radius 2 is 1.77 bits per heavy atom. The summed E-state index contributed by atoms with van der Waals surface area (Å²) in [4.78, 5) is 64.5. The van der Waals surface area contributed by atoms with Crippen LogP contribution in [-0.2, 0) is 43.1 Å². The van der Waals surface area contributed by atoms with Gasteiger partial charge in [-0.3, -0.25) is 28.8 Å². The van der Waals surface area contributed by atoms with Crippen LogP contribution in [0.2, 0.25) is 0 Å². The predicted octanol–water partition coefficient (Wildman–Crippen LogP) is 5.28. The Morgan fingerprint density at radius 1 is 0.984 bits per heavy atom. The third-order valence-corrected chi connectivity index (χ3v) is 13.7. The molecule has 0 saturated carbocycles. The number of carbonyl (C=O) groups is 3. The third-order valence-electron chi connectivity index (χ3n) is 13.7. The Morgan fingerprint density at radius 3 is 2.49 bits per heavy atom. The molecule has 4 saturated heterocycles. The number of nitrogens with one attached hydrogen (secondary N) is 2. The van der Waals surface area contributed by atoms with Crippen molar-refractivity contribution in [2.45, 2.75) is 83.4 Å². The van der Waals surface area contributed by atoms with E-state index in [0.717, 1.165) is 110 Å². The van der Waals surface area contributed by atoms with Crippen molar-refractivity contribution in [3.05, 3.63) is 70.5 Å². The molecule has 15 nitrogen and oxygen atoms in total. The van der Waals surface area contributed by atoms with Gasteiger partial charge in [-0.1, -0.05) is 0 Å². The van der Waals surface area contributed by atoms with Gasteiger partial charge in [-0.05, 0) is 112 Å². The predicted molar refractivity (Wildman–Crippen MR) is 233 cm³/mol. The van der Waals surface area contributed by atoms with E-state index in [0.29, 0.717) is 42.8 Å². The monoisotopic (exact) mass is 831 g/mol. The van der Waals surface area contributed by atoms with Crippen LogP contribution in [0.25, 0.3) is 33.2 Å². The number of rotatable bonds is 11. The molecule has 2 N–H and O–H groups in total. The molecule has 15 heteroatoms. The summed E-state index contributed by atoms with van der Waals surface area (Å²) < 4.78 is 17.3. The number of anilines is 2. The molecule has 0 spiro atoms. The Kier molecular flexibility index (Phi) is 11.3. The summed E-state index contributed by atoms with van der Waals surface area (Å²) in [6.07, 6.45) is 11.1. The van der Waals surface area contributed by atoms with Gasteiger partial charge in [0, 0.05) is 89.5 Å². The highest BCUT2D eigenvalue weighted by Gasteiger charge is 2.39. The number of hydrogen-bond acceptors (Lipinski definition) is 10. The first-order valence-corrected chi connectivity index (χ1v) is 21.9. The van der Waals surface area contributed by atoms with Gasteiger partial charge in [-0.25, -0.2) is 14.8 Å². The summed E-state index contributed by atoms with van der Waals surface area (Å²) in [6.45, 7) is 10.8. The molecule has 3 amide bonds. The van der Waals surface area contributed by atoms with Crippen molar-refractivity contribution < 1.29 is 23.9 Å². The first-order chi connectivity index (χ1) is 29.5. The molecular weight excluding hydrogens is 775 g/mol. The normalized spacial score (nSPS) is 22.1. The standard InChI is InChI=1S/C46H57N9O6/c1-29-21-36(49-41(22-29)46(60-4)14-20-61-28-46)35-27-54(40-25-47-42(24-34(35)40)48-30(2)56)19-11-31-9-15-52(16-10-31)26-32-12-17-53(18-13-32)33-5-6-37-39(23-33)51(3)45(59)55(37)38-7-8-43(57)50-44(38)58/h5-6,21-25,27,31-32,38H,7-20,26,28H2,1-4H3,(H,47,48,56)(H,50,57,58)/t38?,46-/m0/s1. The molecule has 5 aromatic rings. The number of aryl methyl sites for hydroxylation is 3. The largest absolute Gasteiger partial charge is 0.378 e. The molecule has 0 radical (unpaired) electrons. The van der Waals surface area contributed by atoms with E-state index in [2.05, 4.69) is 67.4 Å². The number of fused-ring (bicyclic) bond motifs is 2. The van der Waals surface area contributed by atoms with Gasteiger partial charge >= 0.3 is 5.69 Å². The number of imidazole rings is 1. The maximum absolute atomic E-state index is 13.3. The van der Waals surface area contributed by atoms with Crippen LogP contribution in [0.5, 0.6) is 0 Å². The van der Waals surface area contributed by atoms with E-state index in [9.17, 15) is 19.2 Å². The van der Waals surface area contributed by atoms with Gasteiger partial charge in [0.1, 0.15) is 17.5 Å². The molecule has 4 aliphatic heterocycles. The minimum atomic E-state index is -0.684. The average molecular weight is 832 g/mol. The number of pyridine rings is 2. The van der Waals surface area contributed by atoms with Crippen LogP contribution in [-0.4, -0.2) is 99.3 Å². The van der Waals surface area contributed by atoms with Crippen molar-refractivity contribution in [1.29, 1.82) is 0 Å². The summed E-state index contributed by atoms with van der Waals surface area (Å²) >= 11 is 0. The molecule has 1 unspecified atom stereocenters. The number of imide groups is 1. The summed E-state index contributed by atoms with van der Waals surface area (Å²) in [5.41, 5.74) is 6.68. The maximum Gasteiger partial charge on any atom is 0.329 e.